The highest BCUT2D eigenvalue weighted by molar-refractivity contribution is 5.97. The molecule has 0 aromatic rings. The van der Waals surface area contributed by atoms with E-state index in [4.69, 9.17) is 9.47 Å². The van der Waals surface area contributed by atoms with E-state index < -0.39 is 52.5 Å². The lowest BCUT2D eigenvalue weighted by Gasteiger charge is -2.49. The minimum absolute atomic E-state index is 0.0121. The second-order valence-corrected chi connectivity index (χ2v) is 17.2. The maximum absolute atomic E-state index is 14.7. The molecule has 1 saturated heterocycles. The zero-order chi connectivity index (χ0) is 37.3. The molecule has 9 nitrogen and oxygen atoms in total. The van der Waals surface area contributed by atoms with Gasteiger partial charge in [0.15, 0.2) is 5.78 Å². The normalized spacial score (nSPS) is 41.2. The predicted octanol–water partition coefficient (Wildman–Crippen LogP) is 6.45. The first-order valence-electron chi connectivity index (χ1n) is 18.9. The second-order valence-electron chi connectivity index (χ2n) is 17.2. The zero-order valence-corrected chi connectivity index (χ0v) is 31.9. The van der Waals surface area contributed by atoms with E-state index in [1.165, 1.54) is 14.0 Å². The van der Waals surface area contributed by atoms with Gasteiger partial charge < -0.3 is 19.7 Å². The van der Waals surface area contributed by atoms with Crippen molar-refractivity contribution in [1.82, 2.24) is 0 Å². The summed E-state index contributed by atoms with van der Waals surface area (Å²) in [7, 11) is 1.29. The van der Waals surface area contributed by atoms with Crippen LogP contribution in [0, 0.1) is 40.9 Å². The summed E-state index contributed by atoms with van der Waals surface area (Å²) < 4.78 is 12.2. The molecule has 2 aliphatic carbocycles. The first kappa shape index (κ1) is 40.3. The molecular formula is C41H62O9. The summed E-state index contributed by atoms with van der Waals surface area (Å²) in [6.07, 6.45) is 4.00. The molecule has 0 aromatic heterocycles. The van der Waals surface area contributed by atoms with E-state index in [1.54, 1.807) is 6.92 Å². The third-order valence-corrected chi connectivity index (χ3v) is 12.7. The molecule has 50 heavy (non-hydrogen) atoms. The van der Waals surface area contributed by atoms with Gasteiger partial charge in [-0.2, -0.15) is 0 Å². The Labute approximate surface area is 299 Å². The lowest BCUT2D eigenvalue weighted by Crippen LogP contribution is -2.54. The molecule has 2 bridgehead atoms. The summed E-state index contributed by atoms with van der Waals surface area (Å²) in [6, 6.07) is 0. The van der Waals surface area contributed by atoms with Crippen LogP contribution in [0.15, 0.2) is 22.8 Å². The summed E-state index contributed by atoms with van der Waals surface area (Å²) in [4.78, 5) is 70.8. The van der Waals surface area contributed by atoms with Crippen LogP contribution in [0.25, 0.3) is 0 Å². The molecule has 2 aliphatic heterocycles. The van der Waals surface area contributed by atoms with Gasteiger partial charge in [0, 0.05) is 55.8 Å². The maximum Gasteiger partial charge on any atom is 0.313 e. The van der Waals surface area contributed by atoms with Crippen molar-refractivity contribution in [2.45, 2.75) is 156 Å². The molecule has 2 heterocycles. The van der Waals surface area contributed by atoms with Gasteiger partial charge in [-0.05, 0) is 77.2 Å². The van der Waals surface area contributed by atoms with Crippen LogP contribution < -0.4 is 0 Å². The fourth-order valence-electron chi connectivity index (χ4n) is 9.29. The van der Waals surface area contributed by atoms with Gasteiger partial charge in [0.1, 0.15) is 23.0 Å². The molecule has 4 aliphatic rings. The fourth-order valence-corrected chi connectivity index (χ4v) is 9.29. The second kappa shape index (κ2) is 15.6. The van der Waals surface area contributed by atoms with E-state index in [0.29, 0.717) is 12.8 Å². The number of Topliss-reactive ketones (excluding diaryl/α,β-unsaturated/α-hetero) is 4. The number of aliphatic hydroxyl groups is 2. The van der Waals surface area contributed by atoms with Crippen LogP contribution in [0.3, 0.4) is 0 Å². The van der Waals surface area contributed by atoms with Gasteiger partial charge in [0.2, 0.25) is 0 Å². The summed E-state index contributed by atoms with van der Waals surface area (Å²) in [5.74, 6) is -4.00. The largest absolute Gasteiger partial charge is 0.469 e. The van der Waals surface area contributed by atoms with Crippen molar-refractivity contribution >= 4 is 29.1 Å². The molecule has 1 saturated carbocycles. The number of allylic oxidation sites excluding steroid dienone is 3. The van der Waals surface area contributed by atoms with Crippen molar-refractivity contribution in [3.8, 4) is 0 Å². The Balaban J connectivity index is 2.00. The molecular weight excluding hydrogens is 636 g/mol. The highest BCUT2D eigenvalue weighted by atomic mass is 16.5. The summed E-state index contributed by atoms with van der Waals surface area (Å²) in [6.45, 7) is 14.8. The van der Waals surface area contributed by atoms with Crippen molar-refractivity contribution in [2.75, 3.05) is 7.11 Å². The quantitative estimate of drug-likeness (QED) is 0.246. The highest BCUT2D eigenvalue weighted by Crippen LogP contribution is 2.57. The number of rotatable bonds is 2. The smallest absolute Gasteiger partial charge is 0.313 e. The lowest BCUT2D eigenvalue weighted by molar-refractivity contribution is -0.167. The van der Waals surface area contributed by atoms with Crippen molar-refractivity contribution in [3.63, 3.8) is 0 Å². The first-order valence-corrected chi connectivity index (χ1v) is 18.9. The van der Waals surface area contributed by atoms with Gasteiger partial charge in [-0.3, -0.25) is 24.0 Å². The number of carbonyl (C=O) groups is 5. The summed E-state index contributed by atoms with van der Waals surface area (Å²) in [5, 5.41) is 22.8. The monoisotopic (exact) mass is 698 g/mol. The van der Waals surface area contributed by atoms with E-state index in [0.717, 1.165) is 29.6 Å². The Hall–Kier alpha value is -2.49. The van der Waals surface area contributed by atoms with Crippen molar-refractivity contribution in [2.24, 2.45) is 40.9 Å². The van der Waals surface area contributed by atoms with Crippen LogP contribution in [-0.2, 0) is 33.4 Å². The summed E-state index contributed by atoms with van der Waals surface area (Å²) >= 11 is 0. The lowest BCUT2D eigenvalue weighted by atomic mass is 9.53. The molecule has 10 atom stereocenters. The van der Waals surface area contributed by atoms with Crippen molar-refractivity contribution < 1.29 is 43.7 Å². The molecule has 2 N–H and O–H groups in total. The Kier molecular flexibility index (Phi) is 12.6. The van der Waals surface area contributed by atoms with Gasteiger partial charge in [0.05, 0.1) is 30.3 Å². The van der Waals surface area contributed by atoms with Gasteiger partial charge in [0.25, 0.3) is 0 Å². The van der Waals surface area contributed by atoms with Crippen LogP contribution in [0.2, 0.25) is 0 Å². The third-order valence-electron chi connectivity index (χ3n) is 12.7. The Bertz CT molecular complexity index is 1400. The van der Waals surface area contributed by atoms with E-state index in [-0.39, 0.29) is 92.3 Å². The average Bonchev–Trinajstić information content (AvgIpc) is 3.33. The topological polar surface area (TPSA) is 144 Å². The van der Waals surface area contributed by atoms with E-state index >= 15 is 0 Å². The van der Waals surface area contributed by atoms with Gasteiger partial charge in [-0.25, -0.2) is 0 Å². The van der Waals surface area contributed by atoms with Crippen molar-refractivity contribution in [3.05, 3.63) is 22.8 Å². The highest BCUT2D eigenvalue weighted by Gasteiger charge is 2.61. The third kappa shape index (κ3) is 8.25. The summed E-state index contributed by atoms with van der Waals surface area (Å²) in [5.41, 5.74) is -2.15. The minimum Gasteiger partial charge on any atom is -0.469 e. The van der Waals surface area contributed by atoms with E-state index in [2.05, 4.69) is 0 Å². The first-order chi connectivity index (χ1) is 23.2. The van der Waals surface area contributed by atoms with Gasteiger partial charge in [-0.1, -0.05) is 57.8 Å². The molecule has 280 valence electrons. The molecule has 0 unspecified atom stereocenters. The van der Waals surface area contributed by atoms with Crippen LogP contribution in [-0.4, -0.2) is 69.8 Å². The van der Waals surface area contributed by atoms with Crippen LogP contribution in [0.1, 0.15) is 132 Å². The molecule has 0 amide bonds. The number of ketones is 4. The molecule has 4 rings (SSSR count). The molecule has 0 spiro atoms. The number of hydrogen-bond acceptors (Lipinski definition) is 9. The number of carbonyl (C=O) groups excluding carboxylic acids is 5. The fraction of sp³-hybridized carbons (Fsp3) is 0.780. The van der Waals surface area contributed by atoms with E-state index in [1.807, 2.05) is 47.6 Å². The van der Waals surface area contributed by atoms with E-state index in [9.17, 15) is 34.2 Å². The minimum atomic E-state index is -1.65. The zero-order valence-electron chi connectivity index (χ0n) is 31.9. The standard InChI is InChI=1S/C41H62O9/c1-23(2)28-20-31(42)26(5)12-10-11-24(3)18-32(43)29-19-27(6)37-30(41(29,21-33(28)44)38(46)49-9)17-25(4)13-14-35(45)39(7,47)16-15-36-40(8,48)22-34(37)50-36/h17,23-24,26,28-30,34,36,47-48H,10-16,18-22H2,1-9H3/b25-17+/t24-,26+,28-,29+,30-,34+,36+,39+,40-,41+/m1/s1. The van der Waals surface area contributed by atoms with Crippen LogP contribution >= 0.6 is 0 Å². The predicted molar refractivity (Wildman–Crippen MR) is 190 cm³/mol. The number of fused-ring (bicyclic) bond motifs is 6. The Morgan fingerprint density at radius 3 is 2.26 bits per heavy atom. The molecule has 0 aromatic carbocycles. The van der Waals surface area contributed by atoms with Gasteiger partial charge >= 0.3 is 5.97 Å². The van der Waals surface area contributed by atoms with Crippen LogP contribution in [0.5, 0.6) is 0 Å². The number of esters is 1. The number of hydrogen-bond donors (Lipinski definition) is 2. The SMILES string of the molecule is COC(=O)[C@@]12CC(=O)[C@@H](C(C)C)CC(=O)[C@@H](C)CCC[C@@H](C)CC(=O)[C@@H]1CC(C)=C1[C@@H]3C[C@@](C)(O)[C@H](CC[C@](C)(O)C(=O)CC/C(C)=C/[C@H]12)O3. The number of methoxy groups -OCH3 is 1. The molecule has 0 radical (unpaired) electrons. The molecule has 2 fully saturated rings. The molecule has 9 heteroatoms. The maximum atomic E-state index is 14.7. The Morgan fingerprint density at radius 2 is 1.62 bits per heavy atom. The van der Waals surface area contributed by atoms with Crippen LogP contribution in [0.4, 0.5) is 0 Å². The van der Waals surface area contributed by atoms with Crippen molar-refractivity contribution in [1.29, 1.82) is 0 Å². The number of ether oxygens (including phenoxy) is 2. The Morgan fingerprint density at radius 1 is 0.940 bits per heavy atom. The average molecular weight is 699 g/mol. The van der Waals surface area contributed by atoms with Gasteiger partial charge in [-0.15, -0.1) is 0 Å².